The van der Waals surface area contributed by atoms with Gasteiger partial charge in [-0.2, -0.15) is 0 Å². The fraction of sp³-hybridized carbons (Fsp3) is 0.143. The lowest BCUT2D eigenvalue weighted by Gasteiger charge is -1.99. The van der Waals surface area contributed by atoms with Crippen molar-refractivity contribution in [3.8, 4) is 0 Å². The first-order valence-electron chi connectivity index (χ1n) is 7.78. The summed E-state index contributed by atoms with van der Waals surface area (Å²) < 4.78 is 0. The van der Waals surface area contributed by atoms with Gasteiger partial charge < -0.3 is 0 Å². The van der Waals surface area contributed by atoms with E-state index >= 15 is 0 Å². The molecule has 0 radical (unpaired) electrons. The summed E-state index contributed by atoms with van der Waals surface area (Å²) in [5, 5.41) is 2.40. The van der Waals surface area contributed by atoms with Gasteiger partial charge in [-0.3, -0.25) is 4.98 Å². The van der Waals surface area contributed by atoms with Crippen LogP contribution in [-0.4, -0.2) is 9.97 Å². The zero-order valence-electron chi connectivity index (χ0n) is 13.7. The van der Waals surface area contributed by atoms with Gasteiger partial charge in [0.1, 0.15) is 0 Å². The Kier molecular flexibility index (Phi) is 4.33. The monoisotopic (exact) mass is 300 g/mol. The molecule has 0 bridgehead atoms. The first-order valence-corrected chi connectivity index (χ1v) is 7.78. The molecule has 0 fully saturated rings. The minimum absolute atomic E-state index is 1.06. The van der Waals surface area contributed by atoms with Crippen LogP contribution in [0, 0.1) is 20.8 Å². The molecule has 0 saturated heterocycles. The van der Waals surface area contributed by atoms with Crippen molar-refractivity contribution in [2.45, 2.75) is 20.8 Å². The first kappa shape index (κ1) is 15.2. The van der Waals surface area contributed by atoms with Crippen molar-refractivity contribution in [1.29, 1.82) is 0 Å². The largest absolute Gasteiger partial charge is 0.261 e. The van der Waals surface area contributed by atoms with E-state index in [1.165, 1.54) is 21.9 Å². The second-order valence-corrected chi connectivity index (χ2v) is 5.79. The minimum Gasteiger partial charge on any atom is -0.261 e. The van der Waals surface area contributed by atoms with Gasteiger partial charge in [-0.1, -0.05) is 42.5 Å². The van der Waals surface area contributed by atoms with Gasteiger partial charge in [0.15, 0.2) is 0 Å². The highest BCUT2D eigenvalue weighted by Gasteiger charge is 1.96. The molecule has 114 valence electrons. The van der Waals surface area contributed by atoms with Crippen LogP contribution in [0.5, 0.6) is 0 Å². The van der Waals surface area contributed by atoms with E-state index in [2.05, 4.69) is 48.1 Å². The van der Waals surface area contributed by atoms with E-state index in [0.29, 0.717) is 0 Å². The van der Waals surface area contributed by atoms with Crippen LogP contribution >= 0.6 is 0 Å². The SMILES string of the molecule is Cc1cnc(C)c(C)c1.c1ccc2nc3ccccc3cc2c1. The van der Waals surface area contributed by atoms with E-state index in [0.717, 1.165) is 16.7 Å². The van der Waals surface area contributed by atoms with Crippen LogP contribution in [0.3, 0.4) is 0 Å². The van der Waals surface area contributed by atoms with Gasteiger partial charge in [-0.05, 0) is 50.1 Å². The molecule has 0 aliphatic carbocycles. The van der Waals surface area contributed by atoms with Gasteiger partial charge in [0.05, 0.1) is 11.0 Å². The third kappa shape index (κ3) is 3.54. The molecule has 0 N–H and O–H groups in total. The zero-order valence-corrected chi connectivity index (χ0v) is 13.7. The molecular formula is C21H20N2. The van der Waals surface area contributed by atoms with E-state index in [1.807, 2.05) is 49.5 Å². The molecule has 23 heavy (non-hydrogen) atoms. The summed E-state index contributed by atoms with van der Waals surface area (Å²) in [4.78, 5) is 8.76. The molecule has 4 rings (SSSR count). The number of para-hydroxylation sites is 2. The number of pyridine rings is 2. The summed E-state index contributed by atoms with van der Waals surface area (Å²) in [5.41, 5.74) is 5.76. The number of hydrogen-bond donors (Lipinski definition) is 0. The van der Waals surface area contributed by atoms with E-state index < -0.39 is 0 Å². The fourth-order valence-electron chi connectivity index (χ4n) is 2.50. The third-order valence-corrected chi connectivity index (χ3v) is 3.90. The zero-order chi connectivity index (χ0) is 16.2. The third-order valence-electron chi connectivity index (χ3n) is 3.90. The molecule has 0 spiro atoms. The summed E-state index contributed by atoms with van der Waals surface area (Å²) in [6.45, 7) is 6.16. The highest BCUT2D eigenvalue weighted by Crippen LogP contribution is 2.18. The van der Waals surface area contributed by atoms with Crippen LogP contribution < -0.4 is 0 Å². The van der Waals surface area contributed by atoms with E-state index in [1.54, 1.807) is 0 Å². The summed E-state index contributed by atoms with van der Waals surface area (Å²) >= 11 is 0. The smallest absolute Gasteiger partial charge is 0.0709 e. The maximum Gasteiger partial charge on any atom is 0.0709 e. The number of aromatic nitrogens is 2. The Balaban J connectivity index is 0.000000151. The van der Waals surface area contributed by atoms with E-state index in [9.17, 15) is 0 Å². The van der Waals surface area contributed by atoms with Crippen LogP contribution in [-0.2, 0) is 0 Å². The Morgan fingerprint density at radius 1 is 0.696 bits per heavy atom. The van der Waals surface area contributed by atoms with Gasteiger partial charge >= 0.3 is 0 Å². The Bertz CT molecular complexity index is 853. The van der Waals surface area contributed by atoms with Crippen molar-refractivity contribution >= 4 is 21.8 Å². The van der Waals surface area contributed by atoms with Crippen LogP contribution in [0.1, 0.15) is 16.8 Å². The molecule has 0 unspecified atom stereocenters. The number of fused-ring (bicyclic) bond motifs is 2. The van der Waals surface area contributed by atoms with Crippen molar-refractivity contribution in [2.24, 2.45) is 0 Å². The average molecular weight is 300 g/mol. The number of aryl methyl sites for hydroxylation is 3. The number of hydrogen-bond acceptors (Lipinski definition) is 2. The molecular weight excluding hydrogens is 280 g/mol. The number of rotatable bonds is 0. The predicted molar refractivity (Wildman–Crippen MR) is 97.7 cm³/mol. The Morgan fingerprint density at radius 3 is 1.78 bits per heavy atom. The average Bonchev–Trinajstić information content (AvgIpc) is 2.57. The highest BCUT2D eigenvalue weighted by molar-refractivity contribution is 5.92. The van der Waals surface area contributed by atoms with Crippen LogP contribution in [0.25, 0.3) is 21.8 Å². The predicted octanol–water partition coefficient (Wildman–Crippen LogP) is 5.39. The molecule has 2 aromatic carbocycles. The van der Waals surface area contributed by atoms with Gasteiger partial charge in [-0.25, -0.2) is 4.98 Å². The Hall–Kier alpha value is -2.74. The van der Waals surface area contributed by atoms with Gasteiger partial charge in [-0.15, -0.1) is 0 Å². The van der Waals surface area contributed by atoms with Crippen molar-refractivity contribution in [1.82, 2.24) is 9.97 Å². The summed E-state index contributed by atoms with van der Waals surface area (Å²) in [5.74, 6) is 0. The Labute approximate surface area is 136 Å². The lowest BCUT2D eigenvalue weighted by molar-refractivity contribution is 1.12. The fourth-order valence-corrected chi connectivity index (χ4v) is 2.50. The van der Waals surface area contributed by atoms with Gasteiger partial charge in [0, 0.05) is 22.7 Å². The molecule has 4 aromatic rings. The molecule has 0 saturated carbocycles. The van der Waals surface area contributed by atoms with E-state index in [4.69, 9.17) is 0 Å². The maximum absolute atomic E-state index is 4.58. The molecule has 0 aliphatic heterocycles. The van der Waals surface area contributed by atoms with Crippen molar-refractivity contribution in [2.75, 3.05) is 0 Å². The van der Waals surface area contributed by atoms with Crippen LogP contribution in [0.2, 0.25) is 0 Å². The maximum atomic E-state index is 4.58. The topological polar surface area (TPSA) is 25.8 Å². The van der Waals surface area contributed by atoms with Gasteiger partial charge in [0.2, 0.25) is 0 Å². The van der Waals surface area contributed by atoms with Crippen molar-refractivity contribution < 1.29 is 0 Å². The number of nitrogens with zero attached hydrogens (tertiary/aromatic N) is 2. The molecule has 2 aromatic heterocycles. The molecule has 0 aliphatic rings. The number of benzene rings is 2. The second-order valence-electron chi connectivity index (χ2n) is 5.79. The summed E-state index contributed by atoms with van der Waals surface area (Å²) in [6, 6.07) is 20.7. The lowest BCUT2D eigenvalue weighted by Crippen LogP contribution is -1.85. The molecule has 2 nitrogen and oxygen atoms in total. The van der Waals surface area contributed by atoms with Crippen LogP contribution in [0.15, 0.2) is 66.9 Å². The minimum atomic E-state index is 1.06. The van der Waals surface area contributed by atoms with E-state index in [-0.39, 0.29) is 0 Å². The standard InChI is InChI=1S/C13H9N.C8H11N/c1-3-7-12-10(5-1)9-11-6-2-4-8-13(11)14-12;1-6-4-7(2)8(3)9-5-6/h1-9H;4-5H,1-3H3. The summed E-state index contributed by atoms with van der Waals surface area (Å²) in [6.07, 6.45) is 1.89. The van der Waals surface area contributed by atoms with Crippen molar-refractivity contribution in [3.05, 3.63) is 83.7 Å². The quantitative estimate of drug-likeness (QED) is 0.407. The van der Waals surface area contributed by atoms with Crippen molar-refractivity contribution in [3.63, 3.8) is 0 Å². The second kappa shape index (κ2) is 6.57. The molecule has 0 atom stereocenters. The summed E-state index contributed by atoms with van der Waals surface area (Å²) in [7, 11) is 0. The normalized spacial score (nSPS) is 10.4. The first-order chi connectivity index (χ1) is 11.1. The van der Waals surface area contributed by atoms with Crippen LogP contribution in [0.4, 0.5) is 0 Å². The molecule has 2 heterocycles. The van der Waals surface area contributed by atoms with Gasteiger partial charge in [0.25, 0.3) is 0 Å². The Morgan fingerprint density at radius 2 is 1.26 bits per heavy atom. The molecule has 0 amide bonds. The molecule has 2 heteroatoms. The lowest BCUT2D eigenvalue weighted by atomic mass is 10.1. The highest BCUT2D eigenvalue weighted by atomic mass is 14.7.